The zero-order valence-corrected chi connectivity index (χ0v) is 21.5. The van der Waals surface area contributed by atoms with Crippen molar-refractivity contribution in [3.8, 4) is 11.5 Å². The van der Waals surface area contributed by atoms with Crippen LogP contribution in [0, 0.1) is 0 Å². The summed E-state index contributed by atoms with van der Waals surface area (Å²) in [7, 11) is 1.66. The summed E-state index contributed by atoms with van der Waals surface area (Å²) in [6.07, 6.45) is 6.10. The van der Waals surface area contributed by atoms with Gasteiger partial charge in [0.2, 0.25) is 6.41 Å². The van der Waals surface area contributed by atoms with Gasteiger partial charge in [-0.3, -0.25) is 4.79 Å². The monoisotopic (exact) mass is 518 g/mol. The Morgan fingerprint density at radius 2 is 1.97 bits per heavy atom. The molecule has 1 heterocycles. The fourth-order valence-corrected chi connectivity index (χ4v) is 7.60. The second kappa shape index (κ2) is 13.0. The normalized spacial score (nSPS) is 18.8. The number of unbranched alkanes of at least 4 members (excludes halogenated alkanes) is 2. The van der Waals surface area contributed by atoms with E-state index >= 15 is 0 Å². The molecule has 1 aromatic rings. The Labute approximate surface area is 198 Å². The van der Waals surface area contributed by atoms with Gasteiger partial charge in [0.25, 0.3) is 0 Å². The molecule has 8 heteroatoms. The van der Waals surface area contributed by atoms with Gasteiger partial charge >= 0.3 is 0 Å². The average molecular weight is 520 g/mol. The highest BCUT2D eigenvalue weighted by Gasteiger charge is 2.49. The molecule has 1 fully saturated rings. The van der Waals surface area contributed by atoms with Gasteiger partial charge in [-0.1, -0.05) is 29.8 Å². The van der Waals surface area contributed by atoms with E-state index in [2.05, 4.69) is 29.8 Å². The van der Waals surface area contributed by atoms with Crippen molar-refractivity contribution < 1.29 is 14.3 Å². The molecule has 0 spiro atoms. The minimum atomic E-state index is -0.436. The molecule has 30 heavy (non-hydrogen) atoms. The highest BCUT2D eigenvalue weighted by atomic mass is 79.9. The Bertz CT molecular complexity index is 674. The summed E-state index contributed by atoms with van der Waals surface area (Å²) in [5.74, 6) is 3.32. The van der Waals surface area contributed by atoms with Crippen molar-refractivity contribution in [3.05, 3.63) is 17.7 Å². The van der Waals surface area contributed by atoms with Crippen LogP contribution in [0.2, 0.25) is 0 Å². The van der Waals surface area contributed by atoms with E-state index in [-0.39, 0.29) is 4.58 Å². The zero-order chi connectivity index (χ0) is 22.0. The first-order valence-electron chi connectivity index (χ1n) is 10.7. The topological polar surface area (TPSA) is 64.8 Å². The molecule has 2 N–H and O–H groups in total. The Kier molecular flexibility index (Phi) is 11.0. The van der Waals surface area contributed by atoms with E-state index in [1.807, 2.05) is 40.6 Å². The van der Waals surface area contributed by atoms with E-state index in [9.17, 15) is 4.79 Å². The number of likely N-dealkylation sites (tertiary alicyclic amines) is 1. The SMILES string of the molecule is CCSC(SCC)[C@@]1(c2cc(OC)c(OCCCCCBr)cc2N)CCCN1C=O. The molecule has 1 aromatic carbocycles. The first-order chi connectivity index (χ1) is 14.6. The van der Waals surface area contributed by atoms with E-state index in [4.69, 9.17) is 15.2 Å². The molecule has 0 bridgehead atoms. The van der Waals surface area contributed by atoms with Crippen LogP contribution in [0.15, 0.2) is 12.1 Å². The second-order valence-corrected chi connectivity index (χ2v) is 11.1. The third-order valence-electron chi connectivity index (χ3n) is 5.46. The third kappa shape index (κ3) is 5.74. The standard InChI is InChI=1S/C22H35BrN2O3S2/c1-4-29-21(30-5-2)22(10-9-12-25(22)16-26)17-14-19(27-3)20(15-18(17)24)28-13-8-6-7-11-23/h14-16,21H,4-13,24H2,1-3H3/t22-/m0/s1. The van der Waals surface area contributed by atoms with Crippen molar-refractivity contribution in [2.45, 2.75) is 56.1 Å². The number of nitrogens with two attached hydrogens (primary N) is 1. The van der Waals surface area contributed by atoms with Crippen molar-refractivity contribution in [2.75, 3.05) is 42.8 Å². The van der Waals surface area contributed by atoms with Crippen molar-refractivity contribution in [1.29, 1.82) is 0 Å². The Hall–Kier alpha value is -0.730. The molecule has 0 saturated carbocycles. The quantitative estimate of drug-likeness (QED) is 0.115. The van der Waals surface area contributed by atoms with Gasteiger partial charge < -0.3 is 20.1 Å². The second-order valence-electron chi connectivity index (χ2n) is 7.26. The number of rotatable bonds is 14. The van der Waals surface area contributed by atoms with Crippen molar-refractivity contribution >= 4 is 51.6 Å². The van der Waals surface area contributed by atoms with Gasteiger partial charge in [0.15, 0.2) is 11.5 Å². The molecule has 1 aliphatic rings. The van der Waals surface area contributed by atoms with E-state index in [0.29, 0.717) is 23.8 Å². The summed E-state index contributed by atoms with van der Waals surface area (Å²) in [4.78, 5) is 14.0. The van der Waals surface area contributed by atoms with Crippen LogP contribution in [0.3, 0.4) is 0 Å². The number of ether oxygens (including phenoxy) is 2. The number of carbonyl (C=O) groups is 1. The van der Waals surface area contributed by atoms with Crippen LogP contribution in [0.5, 0.6) is 11.5 Å². The van der Waals surface area contributed by atoms with E-state index in [1.54, 1.807) is 7.11 Å². The smallest absolute Gasteiger partial charge is 0.210 e. The summed E-state index contributed by atoms with van der Waals surface area (Å²) in [6, 6.07) is 3.89. The van der Waals surface area contributed by atoms with Crippen molar-refractivity contribution in [3.63, 3.8) is 0 Å². The lowest BCUT2D eigenvalue weighted by Crippen LogP contribution is -2.47. The molecule has 1 atom stereocenters. The fourth-order valence-electron chi connectivity index (χ4n) is 4.08. The van der Waals surface area contributed by atoms with Crippen LogP contribution in [-0.4, -0.2) is 53.0 Å². The number of methoxy groups -OCH3 is 1. The molecule has 0 unspecified atom stereocenters. The Morgan fingerprint density at radius 3 is 2.57 bits per heavy atom. The highest BCUT2D eigenvalue weighted by Crippen LogP contribution is 2.52. The van der Waals surface area contributed by atoms with Crippen molar-refractivity contribution in [1.82, 2.24) is 4.90 Å². The van der Waals surface area contributed by atoms with Gasteiger partial charge in [-0.05, 0) is 49.7 Å². The fraction of sp³-hybridized carbons (Fsp3) is 0.682. The molecule has 0 radical (unpaired) electrons. The van der Waals surface area contributed by atoms with Crippen LogP contribution in [-0.2, 0) is 10.3 Å². The minimum Gasteiger partial charge on any atom is -0.493 e. The van der Waals surface area contributed by atoms with Crippen LogP contribution in [0.1, 0.15) is 51.5 Å². The van der Waals surface area contributed by atoms with Gasteiger partial charge in [-0.15, -0.1) is 23.5 Å². The van der Waals surface area contributed by atoms with Gasteiger partial charge in [0, 0.05) is 29.2 Å². The molecular weight excluding hydrogens is 484 g/mol. The number of hydrogen-bond acceptors (Lipinski definition) is 6. The van der Waals surface area contributed by atoms with Crippen molar-refractivity contribution in [2.24, 2.45) is 0 Å². The maximum atomic E-state index is 12.1. The molecule has 2 rings (SSSR count). The lowest BCUT2D eigenvalue weighted by Gasteiger charge is -2.43. The number of nitrogens with zero attached hydrogens (tertiary/aromatic N) is 1. The largest absolute Gasteiger partial charge is 0.493 e. The molecule has 1 saturated heterocycles. The highest BCUT2D eigenvalue weighted by molar-refractivity contribution is 9.09. The maximum absolute atomic E-state index is 12.1. The van der Waals surface area contributed by atoms with Crippen LogP contribution < -0.4 is 15.2 Å². The summed E-state index contributed by atoms with van der Waals surface area (Å²) >= 11 is 7.24. The lowest BCUT2D eigenvalue weighted by molar-refractivity contribution is -0.121. The Balaban J connectivity index is 2.42. The number of thioether (sulfide) groups is 2. The van der Waals surface area contributed by atoms with Gasteiger partial charge in [0.1, 0.15) is 0 Å². The number of carbonyl (C=O) groups excluding carboxylic acids is 1. The number of benzene rings is 1. The Morgan fingerprint density at radius 1 is 1.23 bits per heavy atom. The molecular formula is C22H35BrN2O3S2. The van der Waals surface area contributed by atoms with E-state index in [0.717, 1.165) is 67.5 Å². The summed E-state index contributed by atoms with van der Waals surface area (Å²) in [5, 5.41) is 1.01. The van der Waals surface area contributed by atoms with Crippen LogP contribution in [0.25, 0.3) is 0 Å². The first-order valence-corrected chi connectivity index (χ1v) is 13.9. The number of hydrogen-bond donors (Lipinski definition) is 1. The molecule has 170 valence electrons. The predicted octanol–water partition coefficient (Wildman–Crippen LogP) is 5.50. The number of amides is 1. The zero-order valence-electron chi connectivity index (χ0n) is 18.3. The maximum Gasteiger partial charge on any atom is 0.210 e. The number of alkyl halides is 1. The molecule has 5 nitrogen and oxygen atoms in total. The molecule has 1 amide bonds. The molecule has 1 aliphatic heterocycles. The van der Waals surface area contributed by atoms with Crippen LogP contribution in [0.4, 0.5) is 5.69 Å². The van der Waals surface area contributed by atoms with E-state index < -0.39 is 5.54 Å². The molecule has 0 aliphatic carbocycles. The predicted molar refractivity (Wildman–Crippen MR) is 134 cm³/mol. The molecule has 0 aromatic heterocycles. The summed E-state index contributed by atoms with van der Waals surface area (Å²) in [6.45, 7) is 5.71. The first kappa shape index (κ1) is 25.5. The summed E-state index contributed by atoms with van der Waals surface area (Å²) < 4.78 is 11.9. The number of nitrogen functional groups attached to an aromatic ring is 1. The minimum absolute atomic E-state index is 0.211. The average Bonchev–Trinajstić information content (AvgIpc) is 3.18. The summed E-state index contributed by atoms with van der Waals surface area (Å²) in [5.41, 5.74) is 7.81. The van der Waals surface area contributed by atoms with Gasteiger partial charge in [-0.2, -0.15) is 0 Å². The number of anilines is 1. The van der Waals surface area contributed by atoms with Gasteiger partial charge in [0.05, 0.1) is 23.8 Å². The van der Waals surface area contributed by atoms with E-state index in [1.165, 1.54) is 0 Å². The lowest BCUT2D eigenvalue weighted by atomic mass is 9.87. The third-order valence-corrected chi connectivity index (χ3v) is 8.89. The van der Waals surface area contributed by atoms with Crippen LogP contribution >= 0.6 is 39.5 Å². The number of halogens is 1. The van der Waals surface area contributed by atoms with Gasteiger partial charge in [-0.25, -0.2) is 0 Å².